The zero-order valence-electron chi connectivity index (χ0n) is 16.9. The fraction of sp³-hybridized carbons (Fsp3) is 0.364. The molecule has 0 fully saturated rings. The number of thioether (sulfide) groups is 1. The molecule has 0 saturated carbocycles. The summed E-state index contributed by atoms with van der Waals surface area (Å²) in [5.74, 6) is 4.15. The molecule has 0 amide bonds. The van der Waals surface area contributed by atoms with Crippen molar-refractivity contribution < 1.29 is 14.2 Å². The van der Waals surface area contributed by atoms with Crippen LogP contribution in [-0.2, 0) is 7.05 Å². The smallest absolute Gasteiger partial charge is 0.192 e. The van der Waals surface area contributed by atoms with Gasteiger partial charge in [0.15, 0.2) is 28.6 Å². The highest BCUT2D eigenvalue weighted by Crippen LogP contribution is 2.35. The lowest BCUT2D eigenvalue weighted by molar-refractivity contribution is 0.0825. The van der Waals surface area contributed by atoms with Crippen LogP contribution in [0.1, 0.15) is 29.5 Å². The summed E-state index contributed by atoms with van der Waals surface area (Å²) in [6.45, 7) is 5.25. The number of aromatic nitrogens is 3. The molecule has 1 aromatic heterocycles. The zero-order valence-corrected chi connectivity index (χ0v) is 17.7. The van der Waals surface area contributed by atoms with Gasteiger partial charge >= 0.3 is 0 Å². The van der Waals surface area contributed by atoms with Crippen LogP contribution < -0.4 is 14.2 Å². The Kier molecular flexibility index (Phi) is 5.94. The zero-order chi connectivity index (χ0) is 20.2. The van der Waals surface area contributed by atoms with Crippen LogP contribution in [0.25, 0.3) is 0 Å². The molecule has 2 aromatic carbocycles. The van der Waals surface area contributed by atoms with Crippen molar-refractivity contribution in [2.75, 3.05) is 19.0 Å². The van der Waals surface area contributed by atoms with E-state index in [9.17, 15) is 0 Å². The number of fused-ring (bicyclic) bond motifs is 1. The molecule has 152 valence electrons. The van der Waals surface area contributed by atoms with Gasteiger partial charge in [0, 0.05) is 12.8 Å². The molecule has 0 saturated heterocycles. The monoisotopic (exact) mass is 411 g/mol. The van der Waals surface area contributed by atoms with Crippen molar-refractivity contribution in [3.8, 4) is 17.2 Å². The summed E-state index contributed by atoms with van der Waals surface area (Å²) in [5, 5.41) is 9.53. The van der Waals surface area contributed by atoms with Crippen LogP contribution in [0.4, 0.5) is 0 Å². The van der Waals surface area contributed by atoms with Gasteiger partial charge in [0.2, 0.25) is 0 Å². The number of ether oxygens (including phenoxy) is 3. The van der Waals surface area contributed by atoms with Gasteiger partial charge in [0.05, 0.1) is 6.61 Å². The average molecular weight is 412 g/mol. The third-order valence-electron chi connectivity index (χ3n) is 4.79. The minimum Gasteiger partial charge on any atom is -0.493 e. The first-order valence-corrected chi connectivity index (χ1v) is 10.7. The number of hydrogen-bond acceptors (Lipinski definition) is 6. The Labute approximate surface area is 175 Å². The van der Waals surface area contributed by atoms with Gasteiger partial charge in [-0.2, -0.15) is 0 Å². The van der Waals surface area contributed by atoms with Crippen molar-refractivity contribution in [1.82, 2.24) is 14.8 Å². The van der Waals surface area contributed by atoms with Crippen LogP contribution in [0, 0.1) is 13.8 Å². The molecule has 7 heteroatoms. The number of rotatable bonds is 7. The van der Waals surface area contributed by atoms with Gasteiger partial charge < -0.3 is 18.8 Å². The van der Waals surface area contributed by atoms with Gasteiger partial charge in [-0.1, -0.05) is 36.0 Å². The standard InChI is InChI=1S/C22H25N3O3S/c1-15-9-10-16(2)19(13-15)26-11-6-12-29-22-24-23-21(25(22)3)20-14-27-17-7-4-5-8-18(17)28-20/h4-5,7-10,13,20H,6,11-12,14H2,1-3H3. The molecule has 2 heterocycles. The van der Waals surface area contributed by atoms with E-state index in [2.05, 4.69) is 42.2 Å². The van der Waals surface area contributed by atoms with Crippen molar-refractivity contribution in [1.29, 1.82) is 0 Å². The van der Waals surface area contributed by atoms with E-state index in [1.165, 1.54) is 5.56 Å². The Hall–Kier alpha value is -2.67. The lowest BCUT2D eigenvalue weighted by Gasteiger charge is -2.25. The second-order valence-corrected chi connectivity index (χ2v) is 8.15. The molecule has 1 unspecified atom stereocenters. The summed E-state index contributed by atoms with van der Waals surface area (Å²) in [4.78, 5) is 0. The molecular formula is C22H25N3O3S. The van der Waals surface area contributed by atoms with Crippen LogP contribution in [0.5, 0.6) is 17.2 Å². The predicted octanol–water partition coefficient (Wildman–Crippen LogP) is 4.51. The first kappa shape index (κ1) is 19.6. The molecule has 0 radical (unpaired) electrons. The van der Waals surface area contributed by atoms with E-state index in [-0.39, 0.29) is 6.10 Å². The van der Waals surface area contributed by atoms with Crippen molar-refractivity contribution in [2.24, 2.45) is 7.05 Å². The second kappa shape index (κ2) is 8.78. The summed E-state index contributed by atoms with van der Waals surface area (Å²) >= 11 is 1.67. The van der Waals surface area contributed by atoms with E-state index in [1.54, 1.807) is 11.8 Å². The molecule has 1 aliphatic heterocycles. The van der Waals surface area contributed by atoms with E-state index < -0.39 is 0 Å². The number of para-hydroxylation sites is 2. The van der Waals surface area contributed by atoms with Gasteiger partial charge in [-0.3, -0.25) is 0 Å². The molecule has 3 aromatic rings. The summed E-state index contributed by atoms with van der Waals surface area (Å²) in [6.07, 6.45) is 0.667. The summed E-state index contributed by atoms with van der Waals surface area (Å²) in [6, 6.07) is 14.0. The average Bonchev–Trinajstić information content (AvgIpc) is 3.10. The first-order chi connectivity index (χ1) is 14.1. The Balaban J connectivity index is 1.29. The molecule has 0 N–H and O–H groups in total. The van der Waals surface area contributed by atoms with Gasteiger partial charge in [-0.25, -0.2) is 0 Å². The molecule has 6 nitrogen and oxygen atoms in total. The Morgan fingerprint density at radius 2 is 1.97 bits per heavy atom. The van der Waals surface area contributed by atoms with E-state index in [0.717, 1.165) is 46.0 Å². The topological polar surface area (TPSA) is 58.4 Å². The predicted molar refractivity (Wildman–Crippen MR) is 113 cm³/mol. The van der Waals surface area contributed by atoms with E-state index in [0.29, 0.717) is 13.2 Å². The molecule has 29 heavy (non-hydrogen) atoms. The van der Waals surface area contributed by atoms with Gasteiger partial charge in [0.25, 0.3) is 0 Å². The third kappa shape index (κ3) is 4.50. The van der Waals surface area contributed by atoms with Crippen LogP contribution in [-0.4, -0.2) is 33.7 Å². The Morgan fingerprint density at radius 3 is 2.83 bits per heavy atom. The second-order valence-electron chi connectivity index (χ2n) is 7.08. The van der Waals surface area contributed by atoms with E-state index in [4.69, 9.17) is 14.2 Å². The first-order valence-electron chi connectivity index (χ1n) is 9.72. The van der Waals surface area contributed by atoms with Crippen molar-refractivity contribution >= 4 is 11.8 Å². The third-order valence-corrected chi connectivity index (χ3v) is 5.89. The quantitative estimate of drug-likeness (QED) is 0.421. The summed E-state index contributed by atoms with van der Waals surface area (Å²) in [7, 11) is 1.97. The molecule has 0 aliphatic carbocycles. The summed E-state index contributed by atoms with van der Waals surface area (Å²) < 4.78 is 19.8. The van der Waals surface area contributed by atoms with Gasteiger partial charge in [0.1, 0.15) is 12.4 Å². The SMILES string of the molecule is Cc1ccc(C)c(OCCCSc2nnc(C3COc4ccccc4O3)n2C)c1. The van der Waals surface area contributed by atoms with Crippen LogP contribution in [0.2, 0.25) is 0 Å². The van der Waals surface area contributed by atoms with Gasteiger partial charge in [-0.15, -0.1) is 10.2 Å². The fourth-order valence-corrected chi connectivity index (χ4v) is 3.98. The number of nitrogens with zero attached hydrogens (tertiary/aromatic N) is 3. The maximum Gasteiger partial charge on any atom is 0.192 e. The molecule has 4 rings (SSSR count). The van der Waals surface area contributed by atoms with Crippen molar-refractivity contribution in [3.63, 3.8) is 0 Å². The maximum atomic E-state index is 6.05. The summed E-state index contributed by atoms with van der Waals surface area (Å²) in [5.41, 5.74) is 2.38. The highest BCUT2D eigenvalue weighted by molar-refractivity contribution is 7.99. The Bertz CT molecular complexity index is 989. The molecule has 1 atom stereocenters. The van der Waals surface area contributed by atoms with Crippen LogP contribution in [0.15, 0.2) is 47.6 Å². The highest BCUT2D eigenvalue weighted by Gasteiger charge is 2.27. The molecule has 0 bridgehead atoms. The number of aryl methyl sites for hydroxylation is 2. The fourth-order valence-electron chi connectivity index (χ4n) is 3.15. The normalized spacial score (nSPS) is 15.3. The van der Waals surface area contributed by atoms with E-state index in [1.807, 2.05) is 35.9 Å². The van der Waals surface area contributed by atoms with Crippen molar-refractivity contribution in [2.45, 2.75) is 31.5 Å². The van der Waals surface area contributed by atoms with E-state index >= 15 is 0 Å². The van der Waals surface area contributed by atoms with Gasteiger partial charge in [-0.05, 0) is 49.6 Å². The Morgan fingerprint density at radius 1 is 1.14 bits per heavy atom. The highest BCUT2D eigenvalue weighted by atomic mass is 32.2. The minimum absolute atomic E-state index is 0.260. The number of hydrogen-bond donors (Lipinski definition) is 0. The molecule has 1 aliphatic rings. The lowest BCUT2D eigenvalue weighted by Crippen LogP contribution is -2.24. The largest absolute Gasteiger partial charge is 0.493 e. The van der Waals surface area contributed by atoms with Crippen LogP contribution in [0.3, 0.4) is 0 Å². The minimum atomic E-state index is -0.260. The van der Waals surface area contributed by atoms with Crippen LogP contribution >= 0.6 is 11.8 Å². The molecule has 0 spiro atoms. The molecular weight excluding hydrogens is 386 g/mol. The number of benzene rings is 2. The lowest BCUT2D eigenvalue weighted by atomic mass is 10.1. The maximum absolute atomic E-state index is 6.05. The van der Waals surface area contributed by atoms with Crippen molar-refractivity contribution in [3.05, 3.63) is 59.4 Å².